The number of esters is 1. The first-order chi connectivity index (χ1) is 11.9. The summed E-state index contributed by atoms with van der Waals surface area (Å²) in [6, 6.07) is 13.0. The highest BCUT2D eigenvalue weighted by atomic mass is 16.5. The second kappa shape index (κ2) is 8.10. The van der Waals surface area contributed by atoms with Gasteiger partial charge in [-0.25, -0.2) is 4.79 Å². The number of methoxy groups -OCH3 is 1. The Balaban J connectivity index is 2.07. The highest BCUT2D eigenvalue weighted by Gasteiger charge is 2.22. The maximum atomic E-state index is 12.4. The average molecular weight is 341 g/mol. The third-order valence-electron chi connectivity index (χ3n) is 3.47. The molecule has 0 saturated heterocycles. The molecule has 2 aromatic carbocycles. The molecule has 1 N–H and O–H groups in total. The van der Waals surface area contributed by atoms with E-state index < -0.39 is 12.1 Å². The number of anilines is 1. The fourth-order valence-corrected chi connectivity index (χ4v) is 2.25. The average Bonchev–Trinajstić information content (AvgIpc) is 2.61. The Morgan fingerprint density at radius 2 is 1.64 bits per heavy atom. The summed E-state index contributed by atoms with van der Waals surface area (Å²) in [4.78, 5) is 35.7. The summed E-state index contributed by atoms with van der Waals surface area (Å²) < 4.78 is 10.4. The van der Waals surface area contributed by atoms with Gasteiger partial charge in [0.25, 0.3) is 0 Å². The van der Waals surface area contributed by atoms with Crippen molar-refractivity contribution in [2.24, 2.45) is 0 Å². The van der Waals surface area contributed by atoms with Gasteiger partial charge in [-0.1, -0.05) is 12.1 Å². The lowest BCUT2D eigenvalue weighted by molar-refractivity contribution is -0.114. The molecule has 1 atom stereocenters. The minimum Gasteiger partial charge on any atom is -0.496 e. The van der Waals surface area contributed by atoms with Crippen molar-refractivity contribution < 1.29 is 23.9 Å². The van der Waals surface area contributed by atoms with E-state index in [-0.39, 0.29) is 17.3 Å². The zero-order chi connectivity index (χ0) is 18.4. The molecule has 0 saturated carbocycles. The summed E-state index contributed by atoms with van der Waals surface area (Å²) >= 11 is 0. The number of para-hydroxylation sites is 1. The van der Waals surface area contributed by atoms with Crippen molar-refractivity contribution >= 4 is 23.3 Å². The number of carbonyl (C=O) groups excluding carboxylic acids is 3. The Morgan fingerprint density at radius 1 is 1.00 bits per heavy atom. The predicted molar refractivity (Wildman–Crippen MR) is 92.9 cm³/mol. The number of nitrogens with one attached hydrogen (secondary N) is 1. The topological polar surface area (TPSA) is 81.7 Å². The van der Waals surface area contributed by atoms with Crippen LogP contribution in [0.15, 0.2) is 48.5 Å². The molecule has 0 spiro atoms. The summed E-state index contributed by atoms with van der Waals surface area (Å²) in [6.07, 6.45) is -0.955. The first-order valence-corrected chi connectivity index (χ1v) is 7.68. The normalized spacial score (nSPS) is 11.3. The first kappa shape index (κ1) is 18.2. The van der Waals surface area contributed by atoms with Crippen LogP contribution in [0.2, 0.25) is 0 Å². The van der Waals surface area contributed by atoms with Gasteiger partial charge in [-0.2, -0.15) is 0 Å². The van der Waals surface area contributed by atoms with E-state index in [0.29, 0.717) is 17.0 Å². The maximum Gasteiger partial charge on any atom is 0.342 e. The Labute approximate surface area is 145 Å². The Hall–Kier alpha value is -3.15. The van der Waals surface area contributed by atoms with Crippen molar-refractivity contribution in [1.29, 1.82) is 0 Å². The zero-order valence-electron chi connectivity index (χ0n) is 14.2. The third kappa shape index (κ3) is 4.67. The molecule has 0 fully saturated rings. The van der Waals surface area contributed by atoms with E-state index in [2.05, 4.69) is 5.32 Å². The van der Waals surface area contributed by atoms with Gasteiger partial charge in [-0.3, -0.25) is 9.59 Å². The molecule has 0 aromatic heterocycles. The summed E-state index contributed by atoms with van der Waals surface area (Å²) in [7, 11) is 1.46. The summed E-state index contributed by atoms with van der Waals surface area (Å²) in [5, 5.41) is 2.62. The van der Waals surface area contributed by atoms with Crippen molar-refractivity contribution in [3.05, 3.63) is 59.7 Å². The van der Waals surface area contributed by atoms with Gasteiger partial charge in [0.15, 0.2) is 6.10 Å². The maximum absolute atomic E-state index is 12.4. The number of Topliss-reactive ketones (excluding diaryl/α,β-unsaturated/α-hetero) is 1. The monoisotopic (exact) mass is 341 g/mol. The van der Waals surface area contributed by atoms with Gasteiger partial charge < -0.3 is 14.8 Å². The fraction of sp³-hybridized carbons (Fsp3) is 0.211. The molecule has 0 heterocycles. The van der Waals surface area contributed by atoms with Crippen molar-refractivity contribution in [2.75, 3.05) is 12.4 Å². The third-order valence-corrected chi connectivity index (χ3v) is 3.47. The van der Waals surface area contributed by atoms with Crippen LogP contribution in [0.5, 0.6) is 5.75 Å². The van der Waals surface area contributed by atoms with E-state index in [9.17, 15) is 14.4 Å². The summed E-state index contributed by atoms with van der Waals surface area (Å²) in [5.41, 5.74) is 1.22. The van der Waals surface area contributed by atoms with E-state index in [1.165, 1.54) is 21.0 Å². The van der Waals surface area contributed by atoms with Crippen LogP contribution in [-0.4, -0.2) is 30.9 Å². The smallest absolute Gasteiger partial charge is 0.342 e. The molecule has 0 bridgehead atoms. The lowest BCUT2D eigenvalue weighted by Crippen LogP contribution is -2.24. The molecule has 6 nitrogen and oxygen atoms in total. The number of amides is 1. The van der Waals surface area contributed by atoms with Gasteiger partial charge in [0.2, 0.25) is 11.7 Å². The number of benzene rings is 2. The zero-order valence-corrected chi connectivity index (χ0v) is 14.2. The predicted octanol–water partition coefficient (Wildman–Crippen LogP) is 3.08. The number of hydrogen-bond donors (Lipinski definition) is 1. The van der Waals surface area contributed by atoms with Crippen LogP contribution >= 0.6 is 0 Å². The van der Waals surface area contributed by atoms with Crippen LogP contribution in [0.25, 0.3) is 0 Å². The molecule has 0 aliphatic rings. The van der Waals surface area contributed by atoms with Crippen LogP contribution in [-0.2, 0) is 9.53 Å². The standard InChI is InChI=1S/C19H19NO5/c1-12(25-19(23)16-6-4-5-7-17(16)24-3)18(22)14-8-10-15(11-9-14)20-13(2)21/h4-12H,1-3H3,(H,20,21)/t12-/m1/s1. The number of ether oxygens (including phenoxy) is 2. The second-order valence-corrected chi connectivity index (χ2v) is 5.37. The van der Waals surface area contributed by atoms with Crippen LogP contribution < -0.4 is 10.1 Å². The Morgan fingerprint density at radius 3 is 2.24 bits per heavy atom. The molecule has 0 aliphatic carbocycles. The largest absolute Gasteiger partial charge is 0.496 e. The summed E-state index contributed by atoms with van der Waals surface area (Å²) in [6.45, 7) is 2.91. The molecule has 25 heavy (non-hydrogen) atoms. The summed E-state index contributed by atoms with van der Waals surface area (Å²) in [5.74, 6) is -0.782. The van der Waals surface area contributed by atoms with Gasteiger partial charge in [-0.05, 0) is 43.3 Å². The van der Waals surface area contributed by atoms with Gasteiger partial charge in [0.1, 0.15) is 11.3 Å². The fourth-order valence-electron chi connectivity index (χ4n) is 2.25. The molecule has 2 rings (SSSR count). The van der Waals surface area contributed by atoms with Crippen molar-refractivity contribution in [3.8, 4) is 5.75 Å². The van der Waals surface area contributed by atoms with Crippen molar-refractivity contribution in [1.82, 2.24) is 0 Å². The molecular formula is C19H19NO5. The first-order valence-electron chi connectivity index (χ1n) is 7.68. The molecule has 2 aromatic rings. The van der Waals surface area contributed by atoms with Crippen LogP contribution in [0, 0.1) is 0 Å². The van der Waals surface area contributed by atoms with Crippen LogP contribution in [0.3, 0.4) is 0 Å². The number of hydrogen-bond acceptors (Lipinski definition) is 5. The molecule has 0 radical (unpaired) electrons. The lowest BCUT2D eigenvalue weighted by Gasteiger charge is -2.14. The van der Waals surface area contributed by atoms with Gasteiger partial charge in [0, 0.05) is 18.2 Å². The van der Waals surface area contributed by atoms with E-state index in [1.54, 1.807) is 48.5 Å². The van der Waals surface area contributed by atoms with Crippen molar-refractivity contribution in [2.45, 2.75) is 20.0 Å². The van der Waals surface area contributed by atoms with E-state index in [4.69, 9.17) is 9.47 Å². The highest BCUT2D eigenvalue weighted by molar-refractivity contribution is 6.02. The minimum atomic E-state index is -0.955. The Kier molecular flexibility index (Phi) is 5.89. The molecule has 6 heteroatoms. The molecule has 0 aliphatic heterocycles. The van der Waals surface area contributed by atoms with Crippen LogP contribution in [0.1, 0.15) is 34.6 Å². The molecule has 130 valence electrons. The van der Waals surface area contributed by atoms with Crippen molar-refractivity contribution in [3.63, 3.8) is 0 Å². The van der Waals surface area contributed by atoms with Crippen LogP contribution in [0.4, 0.5) is 5.69 Å². The number of rotatable bonds is 6. The molecule has 0 unspecified atom stereocenters. The van der Waals surface area contributed by atoms with E-state index in [0.717, 1.165) is 0 Å². The number of carbonyl (C=O) groups is 3. The number of ketones is 1. The SMILES string of the molecule is COc1ccccc1C(=O)O[C@H](C)C(=O)c1ccc(NC(C)=O)cc1. The van der Waals surface area contributed by atoms with Gasteiger partial charge in [-0.15, -0.1) is 0 Å². The molecular weight excluding hydrogens is 322 g/mol. The minimum absolute atomic E-state index is 0.196. The molecule has 1 amide bonds. The lowest BCUT2D eigenvalue weighted by atomic mass is 10.1. The highest BCUT2D eigenvalue weighted by Crippen LogP contribution is 2.20. The van der Waals surface area contributed by atoms with E-state index in [1.807, 2.05) is 0 Å². The van der Waals surface area contributed by atoms with Gasteiger partial charge in [0.05, 0.1) is 7.11 Å². The van der Waals surface area contributed by atoms with Gasteiger partial charge >= 0.3 is 5.97 Å². The van der Waals surface area contributed by atoms with E-state index >= 15 is 0 Å². The quantitative estimate of drug-likeness (QED) is 0.645. The Bertz CT molecular complexity index is 783. The second-order valence-electron chi connectivity index (χ2n) is 5.37.